The van der Waals surface area contributed by atoms with E-state index < -0.39 is 5.60 Å². The summed E-state index contributed by atoms with van der Waals surface area (Å²) in [5.74, 6) is -0.303. The molecule has 1 aromatic rings. The molecule has 0 aliphatic heterocycles. The van der Waals surface area contributed by atoms with Crippen LogP contribution < -0.4 is 0 Å². The van der Waals surface area contributed by atoms with Gasteiger partial charge in [0.15, 0.2) is 0 Å². The lowest BCUT2D eigenvalue weighted by Gasteiger charge is -2.30. The predicted octanol–water partition coefficient (Wildman–Crippen LogP) is 2.82. The molecule has 1 aromatic carbocycles. The fourth-order valence-electron chi connectivity index (χ4n) is 2.44. The Kier molecular flexibility index (Phi) is 4.37. The highest BCUT2D eigenvalue weighted by molar-refractivity contribution is 5.70. The summed E-state index contributed by atoms with van der Waals surface area (Å²) in [5.41, 5.74) is 0.146. The number of hydrogen-bond acceptors (Lipinski definition) is 3. The number of hydrogen-bond donors (Lipinski definition) is 1. The average molecular weight is 248 g/mol. The van der Waals surface area contributed by atoms with Crippen LogP contribution in [-0.4, -0.2) is 16.7 Å². The van der Waals surface area contributed by atoms with Crippen molar-refractivity contribution in [2.45, 2.75) is 50.7 Å². The van der Waals surface area contributed by atoms with Gasteiger partial charge in [-0.2, -0.15) is 0 Å². The summed E-state index contributed by atoms with van der Waals surface area (Å²) in [6, 6.07) is 9.59. The zero-order valence-corrected chi connectivity index (χ0v) is 10.6. The van der Waals surface area contributed by atoms with Crippen molar-refractivity contribution >= 4 is 5.97 Å². The maximum absolute atomic E-state index is 11.7. The predicted molar refractivity (Wildman–Crippen MR) is 68.9 cm³/mol. The molecule has 3 heteroatoms. The number of aliphatic hydroxyl groups is 1. The van der Waals surface area contributed by atoms with E-state index in [9.17, 15) is 9.90 Å². The second-order valence-corrected chi connectivity index (χ2v) is 5.11. The summed E-state index contributed by atoms with van der Waals surface area (Å²) >= 11 is 0. The number of carbonyl (C=O) groups excluding carboxylic acids is 1. The third-order valence-corrected chi connectivity index (χ3v) is 3.50. The number of rotatable bonds is 4. The van der Waals surface area contributed by atoms with Crippen molar-refractivity contribution in [3.8, 4) is 0 Å². The molecule has 98 valence electrons. The maximum atomic E-state index is 11.7. The normalized spacial score (nSPS) is 18.3. The van der Waals surface area contributed by atoms with E-state index in [1.807, 2.05) is 30.3 Å². The molecule has 0 bridgehead atoms. The van der Waals surface area contributed by atoms with Crippen molar-refractivity contribution in [2.75, 3.05) is 0 Å². The Hall–Kier alpha value is -1.35. The number of carbonyl (C=O) groups is 1. The maximum Gasteiger partial charge on any atom is 0.309 e. The summed E-state index contributed by atoms with van der Waals surface area (Å²) in [6.45, 7) is 0.287. The summed E-state index contributed by atoms with van der Waals surface area (Å²) in [4.78, 5) is 11.7. The first-order valence-corrected chi connectivity index (χ1v) is 6.60. The lowest BCUT2D eigenvalue weighted by molar-refractivity contribution is -0.151. The molecule has 0 aromatic heterocycles. The molecular weight excluding hydrogens is 228 g/mol. The second-order valence-electron chi connectivity index (χ2n) is 5.11. The number of ether oxygens (including phenoxy) is 1. The summed E-state index contributed by atoms with van der Waals surface area (Å²) in [6.07, 6.45) is 4.72. The van der Waals surface area contributed by atoms with Gasteiger partial charge in [-0.05, 0) is 18.4 Å². The lowest BCUT2D eigenvalue weighted by atomic mass is 9.82. The Labute approximate surface area is 108 Å². The first-order valence-electron chi connectivity index (χ1n) is 6.60. The smallest absolute Gasteiger partial charge is 0.309 e. The third-order valence-electron chi connectivity index (χ3n) is 3.50. The standard InChI is InChI=1S/C15H20O3/c16-14(11-15(17)9-5-2-6-10-15)18-12-13-7-3-1-4-8-13/h1,3-4,7-8,17H,2,5-6,9-12H2. The Morgan fingerprint density at radius 1 is 1.17 bits per heavy atom. The first kappa shape index (κ1) is 13.1. The molecule has 1 aliphatic carbocycles. The summed E-state index contributed by atoms with van der Waals surface area (Å²) < 4.78 is 5.20. The van der Waals surface area contributed by atoms with Crippen LogP contribution >= 0.6 is 0 Å². The van der Waals surface area contributed by atoms with Crippen LogP contribution in [0.3, 0.4) is 0 Å². The third kappa shape index (κ3) is 3.84. The molecule has 2 rings (SSSR count). The molecule has 0 saturated heterocycles. The van der Waals surface area contributed by atoms with E-state index in [0.29, 0.717) is 12.8 Å². The average Bonchev–Trinajstić information content (AvgIpc) is 2.38. The Morgan fingerprint density at radius 3 is 2.50 bits per heavy atom. The van der Waals surface area contributed by atoms with Gasteiger partial charge in [-0.3, -0.25) is 4.79 Å². The Balaban J connectivity index is 1.78. The van der Waals surface area contributed by atoms with Crippen LogP contribution in [0.25, 0.3) is 0 Å². The van der Waals surface area contributed by atoms with Gasteiger partial charge < -0.3 is 9.84 Å². The van der Waals surface area contributed by atoms with E-state index in [-0.39, 0.29) is 19.0 Å². The van der Waals surface area contributed by atoms with Gasteiger partial charge in [0, 0.05) is 0 Å². The van der Waals surface area contributed by atoms with Gasteiger partial charge in [-0.25, -0.2) is 0 Å². The quantitative estimate of drug-likeness (QED) is 0.833. The van der Waals surface area contributed by atoms with Crippen LogP contribution in [0.1, 0.15) is 44.1 Å². The van der Waals surface area contributed by atoms with E-state index in [1.54, 1.807) is 0 Å². The van der Waals surface area contributed by atoms with Gasteiger partial charge in [-0.15, -0.1) is 0 Å². The molecule has 0 spiro atoms. The van der Waals surface area contributed by atoms with Crippen LogP contribution in [0.15, 0.2) is 30.3 Å². The summed E-state index contributed by atoms with van der Waals surface area (Å²) in [5, 5.41) is 10.2. The van der Waals surface area contributed by atoms with Gasteiger partial charge in [-0.1, -0.05) is 49.6 Å². The largest absolute Gasteiger partial charge is 0.461 e. The highest BCUT2D eigenvalue weighted by Gasteiger charge is 2.32. The van der Waals surface area contributed by atoms with Crippen LogP contribution in [-0.2, 0) is 16.1 Å². The molecule has 0 unspecified atom stereocenters. The van der Waals surface area contributed by atoms with Crippen molar-refractivity contribution in [3.05, 3.63) is 35.9 Å². The fourth-order valence-corrected chi connectivity index (χ4v) is 2.44. The second kappa shape index (κ2) is 6.01. The topological polar surface area (TPSA) is 46.5 Å². The minimum absolute atomic E-state index is 0.125. The SMILES string of the molecule is O=C(CC1(O)CCCCC1)OCc1ccccc1. The molecule has 18 heavy (non-hydrogen) atoms. The highest BCUT2D eigenvalue weighted by Crippen LogP contribution is 2.31. The van der Waals surface area contributed by atoms with Crippen molar-refractivity contribution in [1.29, 1.82) is 0 Å². The van der Waals surface area contributed by atoms with Crippen LogP contribution in [0.4, 0.5) is 0 Å². The molecule has 0 amide bonds. The van der Waals surface area contributed by atoms with Crippen LogP contribution in [0.2, 0.25) is 0 Å². The molecule has 3 nitrogen and oxygen atoms in total. The zero-order valence-electron chi connectivity index (χ0n) is 10.6. The van der Waals surface area contributed by atoms with Crippen molar-refractivity contribution < 1.29 is 14.6 Å². The van der Waals surface area contributed by atoms with Gasteiger partial charge in [0.1, 0.15) is 6.61 Å². The van der Waals surface area contributed by atoms with E-state index >= 15 is 0 Å². The molecule has 0 radical (unpaired) electrons. The summed E-state index contributed by atoms with van der Waals surface area (Å²) in [7, 11) is 0. The van der Waals surface area contributed by atoms with E-state index in [0.717, 1.165) is 24.8 Å². The molecule has 1 fully saturated rings. The Bertz CT molecular complexity index is 380. The van der Waals surface area contributed by atoms with E-state index in [1.165, 1.54) is 0 Å². The number of benzene rings is 1. The molecule has 0 heterocycles. The number of esters is 1. The minimum atomic E-state index is -0.827. The molecule has 1 saturated carbocycles. The zero-order chi connectivity index (χ0) is 12.8. The van der Waals surface area contributed by atoms with Crippen LogP contribution in [0.5, 0.6) is 0 Å². The van der Waals surface area contributed by atoms with Crippen molar-refractivity contribution in [2.24, 2.45) is 0 Å². The van der Waals surface area contributed by atoms with Crippen molar-refractivity contribution in [3.63, 3.8) is 0 Å². The van der Waals surface area contributed by atoms with Gasteiger partial charge in [0.05, 0.1) is 12.0 Å². The monoisotopic (exact) mass is 248 g/mol. The van der Waals surface area contributed by atoms with Crippen LogP contribution in [0, 0.1) is 0 Å². The lowest BCUT2D eigenvalue weighted by Crippen LogP contribution is -2.34. The van der Waals surface area contributed by atoms with Gasteiger partial charge in [0.2, 0.25) is 0 Å². The Morgan fingerprint density at radius 2 is 1.83 bits per heavy atom. The first-order chi connectivity index (χ1) is 8.68. The highest BCUT2D eigenvalue weighted by atomic mass is 16.5. The molecule has 1 N–H and O–H groups in total. The van der Waals surface area contributed by atoms with E-state index in [2.05, 4.69) is 0 Å². The van der Waals surface area contributed by atoms with Gasteiger partial charge in [0.25, 0.3) is 0 Å². The molecule has 1 aliphatic rings. The van der Waals surface area contributed by atoms with Gasteiger partial charge >= 0.3 is 5.97 Å². The van der Waals surface area contributed by atoms with Crippen molar-refractivity contribution in [1.82, 2.24) is 0 Å². The minimum Gasteiger partial charge on any atom is -0.461 e. The fraction of sp³-hybridized carbons (Fsp3) is 0.533. The molecule has 0 atom stereocenters. The molecular formula is C15H20O3. The van der Waals surface area contributed by atoms with E-state index in [4.69, 9.17) is 4.74 Å².